The fourth-order valence-corrected chi connectivity index (χ4v) is 3.79. The first-order chi connectivity index (χ1) is 15.3. The van der Waals surface area contributed by atoms with Gasteiger partial charge >= 0.3 is 0 Å². The van der Waals surface area contributed by atoms with E-state index in [2.05, 4.69) is 0 Å². The van der Waals surface area contributed by atoms with Gasteiger partial charge in [-0.15, -0.1) is 0 Å². The predicted octanol–water partition coefficient (Wildman–Crippen LogP) is 5.18. The highest BCUT2D eigenvalue weighted by molar-refractivity contribution is 6.51. The van der Waals surface area contributed by atoms with Crippen LogP contribution in [0.5, 0.6) is 0 Å². The van der Waals surface area contributed by atoms with Crippen LogP contribution in [0.2, 0.25) is 5.02 Å². The van der Waals surface area contributed by atoms with Gasteiger partial charge in [-0.25, -0.2) is 0 Å². The Morgan fingerprint density at radius 1 is 0.969 bits per heavy atom. The Labute approximate surface area is 188 Å². The first-order valence-corrected chi connectivity index (χ1v) is 10.0. The summed E-state index contributed by atoms with van der Waals surface area (Å²) in [4.78, 5) is 37.8. The number of Topliss-reactive ketones (excluding diaryl/α,β-unsaturated/α-hetero) is 1. The molecule has 0 aromatic heterocycles. The van der Waals surface area contributed by atoms with E-state index in [0.717, 1.165) is 5.56 Å². The van der Waals surface area contributed by atoms with E-state index in [1.165, 1.54) is 29.2 Å². The molecule has 7 nitrogen and oxygen atoms in total. The van der Waals surface area contributed by atoms with Crippen molar-refractivity contribution in [2.45, 2.75) is 13.0 Å². The van der Waals surface area contributed by atoms with Gasteiger partial charge in [0.05, 0.1) is 16.5 Å². The molecule has 4 rings (SSSR count). The van der Waals surface area contributed by atoms with Crippen LogP contribution in [0.3, 0.4) is 0 Å². The summed E-state index contributed by atoms with van der Waals surface area (Å²) >= 11 is 6.02. The normalized spacial score (nSPS) is 17.6. The second kappa shape index (κ2) is 8.28. The number of carbonyl (C=O) groups is 2. The predicted molar refractivity (Wildman–Crippen MR) is 121 cm³/mol. The second-order valence-electron chi connectivity index (χ2n) is 7.36. The molecule has 3 aromatic rings. The van der Waals surface area contributed by atoms with Crippen molar-refractivity contribution in [3.8, 4) is 0 Å². The molecule has 32 heavy (non-hydrogen) atoms. The lowest BCUT2D eigenvalue weighted by Crippen LogP contribution is -2.29. The van der Waals surface area contributed by atoms with Gasteiger partial charge in [0.2, 0.25) is 0 Å². The van der Waals surface area contributed by atoms with E-state index in [-0.39, 0.29) is 16.8 Å². The van der Waals surface area contributed by atoms with Gasteiger partial charge in [-0.1, -0.05) is 41.4 Å². The number of rotatable bonds is 4. The molecule has 3 aromatic carbocycles. The number of halogens is 1. The van der Waals surface area contributed by atoms with Crippen molar-refractivity contribution in [3.63, 3.8) is 0 Å². The van der Waals surface area contributed by atoms with Crippen LogP contribution >= 0.6 is 11.6 Å². The summed E-state index contributed by atoms with van der Waals surface area (Å²) in [6.45, 7) is 1.91. The molecule has 1 N–H and O–H groups in total. The van der Waals surface area contributed by atoms with Crippen molar-refractivity contribution in [3.05, 3.63) is 110 Å². The van der Waals surface area contributed by atoms with Crippen LogP contribution in [-0.4, -0.2) is 21.7 Å². The summed E-state index contributed by atoms with van der Waals surface area (Å²) in [5, 5.41) is 22.4. The van der Waals surface area contributed by atoms with Gasteiger partial charge < -0.3 is 5.11 Å². The third-order valence-electron chi connectivity index (χ3n) is 5.29. The zero-order valence-corrected chi connectivity index (χ0v) is 17.6. The lowest BCUT2D eigenvalue weighted by molar-refractivity contribution is -0.384. The van der Waals surface area contributed by atoms with Gasteiger partial charge in [0.25, 0.3) is 17.4 Å². The fourth-order valence-electron chi connectivity index (χ4n) is 3.66. The molecule has 1 heterocycles. The van der Waals surface area contributed by atoms with E-state index in [1.807, 2.05) is 19.1 Å². The number of hydrogen-bond acceptors (Lipinski definition) is 5. The second-order valence-corrected chi connectivity index (χ2v) is 7.80. The van der Waals surface area contributed by atoms with E-state index >= 15 is 0 Å². The van der Waals surface area contributed by atoms with E-state index < -0.39 is 28.4 Å². The topological polar surface area (TPSA) is 101 Å². The van der Waals surface area contributed by atoms with Crippen molar-refractivity contribution < 1.29 is 19.6 Å². The minimum Gasteiger partial charge on any atom is -0.507 e. The molecule has 0 saturated carbocycles. The number of hydrogen-bond donors (Lipinski definition) is 1. The number of aliphatic hydroxyl groups is 1. The Morgan fingerprint density at radius 2 is 1.56 bits per heavy atom. The average Bonchev–Trinajstić information content (AvgIpc) is 3.05. The van der Waals surface area contributed by atoms with Crippen molar-refractivity contribution in [2.75, 3.05) is 4.90 Å². The van der Waals surface area contributed by atoms with Crippen molar-refractivity contribution in [2.24, 2.45) is 0 Å². The third-order valence-corrected chi connectivity index (χ3v) is 5.55. The first kappa shape index (κ1) is 21.3. The van der Waals surface area contributed by atoms with Crippen LogP contribution in [-0.2, 0) is 9.59 Å². The SMILES string of the molecule is Cc1ccc(N2C(=O)C(=O)/C(=C(/O)c3ccc([N+](=O)[O-])cc3)C2c2ccc(Cl)cc2)cc1. The number of nitro groups is 1. The molecule has 1 atom stereocenters. The number of ketones is 1. The Balaban J connectivity index is 1.90. The van der Waals surface area contributed by atoms with Gasteiger partial charge in [0, 0.05) is 28.4 Å². The molecule has 1 unspecified atom stereocenters. The molecule has 1 aliphatic heterocycles. The van der Waals surface area contributed by atoms with Crippen molar-refractivity contribution in [1.82, 2.24) is 0 Å². The molecule has 160 valence electrons. The Hall–Kier alpha value is -3.97. The molecule has 0 radical (unpaired) electrons. The molecule has 1 aliphatic rings. The highest BCUT2D eigenvalue weighted by Gasteiger charge is 2.46. The van der Waals surface area contributed by atoms with Crippen LogP contribution < -0.4 is 4.90 Å². The number of carbonyl (C=O) groups excluding carboxylic acids is 2. The zero-order valence-electron chi connectivity index (χ0n) is 16.9. The number of aryl methyl sites for hydroxylation is 1. The number of anilines is 1. The number of nitrogens with zero attached hydrogens (tertiary/aromatic N) is 2. The van der Waals surface area contributed by atoms with Crippen LogP contribution in [0.1, 0.15) is 22.7 Å². The summed E-state index contributed by atoms with van der Waals surface area (Å²) in [6, 6.07) is 18.0. The van der Waals surface area contributed by atoms with Gasteiger partial charge in [0.1, 0.15) is 5.76 Å². The summed E-state index contributed by atoms with van der Waals surface area (Å²) in [7, 11) is 0. The van der Waals surface area contributed by atoms with Crippen LogP contribution in [0, 0.1) is 17.0 Å². The standard InChI is InChI=1S/C24H17ClN2O5/c1-14-2-10-18(11-3-14)26-21(15-4-8-17(25)9-5-15)20(23(29)24(26)30)22(28)16-6-12-19(13-7-16)27(31)32/h2-13,21,28H,1H3/b22-20+. The maximum Gasteiger partial charge on any atom is 0.300 e. The summed E-state index contributed by atoms with van der Waals surface area (Å²) < 4.78 is 0. The van der Waals surface area contributed by atoms with Gasteiger partial charge in [-0.2, -0.15) is 0 Å². The van der Waals surface area contributed by atoms with E-state index in [0.29, 0.717) is 16.3 Å². The fraction of sp³-hybridized carbons (Fsp3) is 0.0833. The lowest BCUT2D eigenvalue weighted by atomic mass is 9.95. The Bertz CT molecular complexity index is 1250. The van der Waals surface area contributed by atoms with Crippen LogP contribution in [0.15, 0.2) is 78.4 Å². The number of nitro benzene ring substituents is 1. The monoisotopic (exact) mass is 448 g/mol. The van der Waals surface area contributed by atoms with Crippen LogP contribution in [0.4, 0.5) is 11.4 Å². The number of amides is 1. The molecule has 1 fully saturated rings. The first-order valence-electron chi connectivity index (χ1n) is 9.66. The van der Waals surface area contributed by atoms with Gasteiger partial charge in [-0.05, 0) is 48.9 Å². The molecule has 0 aliphatic carbocycles. The van der Waals surface area contributed by atoms with Crippen molar-refractivity contribution in [1.29, 1.82) is 0 Å². The Morgan fingerprint density at radius 3 is 2.12 bits per heavy atom. The maximum absolute atomic E-state index is 13.1. The number of non-ortho nitro benzene ring substituents is 1. The third kappa shape index (κ3) is 3.74. The highest BCUT2D eigenvalue weighted by Crippen LogP contribution is 2.42. The van der Waals surface area contributed by atoms with E-state index in [9.17, 15) is 24.8 Å². The molecule has 1 saturated heterocycles. The summed E-state index contributed by atoms with van der Waals surface area (Å²) in [6.07, 6.45) is 0. The van der Waals surface area contributed by atoms with E-state index in [1.54, 1.807) is 36.4 Å². The smallest absolute Gasteiger partial charge is 0.300 e. The lowest BCUT2D eigenvalue weighted by Gasteiger charge is -2.25. The summed E-state index contributed by atoms with van der Waals surface area (Å²) in [5.74, 6) is -2.04. The molecular weight excluding hydrogens is 432 g/mol. The van der Waals surface area contributed by atoms with Crippen molar-refractivity contribution >= 4 is 40.4 Å². The Kier molecular flexibility index (Phi) is 5.50. The molecular formula is C24H17ClN2O5. The average molecular weight is 449 g/mol. The molecule has 1 amide bonds. The summed E-state index contributed by atoms with van der Waals surface area (Å²) in [5.41, 5.74) is 2.00. The highest BCUT2D eigenvalue weighted by atomic mass is 35.5. The largest absolute Gasteiger partial charge is 0.507 e. The minimum atomic E-state index is -0.898. The molecule has 8 heteroatoms. The van der Waals surface area contributed by atoms with E-state index in [4.69, 9.17) is 11.6 Å². The van der Waals surface area contributed by atoms with Crippen LogP contribution in [0.25, 0.3) is 5.76 Å². The quantitative estimate of drug-likeness (QED) is 0.195. The maximum atomic E-state index is 13.1. The minimum absolute atomic E-state index is 0.105. The molecule has 0 spiro atoms. The number of aliphatic hydroxyl groups excluding tert-OH is 1. The molecule has 0 bridgehead atoms. The van der Waals surface area contributed by atoms with Gasteiger partial charge in [0.15, 0.2) is 0 Å². The van der Waals surface area contributed by atoms with Gasteiger partial charge in [-0.3, -0.25) is 24.6 Å². The number of benzene rings is 3. The zero-order chi connectivity index (χ0) is 23.0.